The number of carbonyl (C=O) groups is 2. The predicted octanol–water partition coefficient (Wildman–Crippen LogP) is 4.64. The third kappa shape index (κ3) is 3.64. The predicted molar refractivity (Wildman–Crippen MR) is 109 cm³/mol. The van der Waals surface area contributed by atoms with Crippen molar-refractivity contribution in [3.8, 4) is 11.3 Å². The molecule has 1 aromatic carbocycles. The van der Waals surface area contributed by atoms with E-state index in [0.29, 0.717) is 32.1 Å². The van der Waals surface area contributed by atoms with Crippen LogP contribution in [0, 0.1) is 0 Å². The second kappa shape index (κ2) is 7.49. The lowest BCUT2D eigenvalue weighted by atomic mass is 10.1. The summed E-state index contributed by atoms with van der Waals surface area (Å²) < 4.78 is 11.5. The van der Waals surface area contributed by atoms with E-state index < -0.39 is 5.97 Å². The summed E-state index contributed by atoms with van der Waals surface area (Å²) in [4.78, 5) is 25.7. The number of rotatable bonds is 5. The van der Waals surface area contributed by atoms with Gasteiger partial charge in [0.15, 0.2) is 0 Å². The van der Waals surface area contributed by atoms with Crippen LogP contribution in [-0.4, -0.2) is 26.2 Å². The quantitative estimate of drug-likeness (QED) is 0.484. The first-order valence-electron chi connectivity index (χ1n) is 8.22. The van der Waals surface area contributed by atoms with Crippen molar-refractivity contribution in [2.45, 2.75) is 6.54 Å². The van der Waals surface area contributed by atoms with Crippen LogP contribution in [0.15, 0.2) is 68.5 Å². The number of furan rings is 2. The van der Waals surface area contributed by atoms with Gasteiger partial charge in [-0.05, 0) is 36.4 Å². The van der Waals surface area contributed by atoms with Gasteiger partial charge in [0.2, 0.25) is 0 Å². The molecule has 0 aliphatic carbocycles. The SMILES string of the molecule is O=C(O)c1cccc(-c2ccc(/C=C3/SC(=S)N(Cc4ccco4)C3=O)o2)c1. The number of benzene rings is 1. The molecule has 1 saturated heterocycles. The van der Waals surface area contributed by atoms with E-state index in [1.165, 1.54) is 28.8 Å². The van der Waals surface area contributed by atoms with Gasteiger partial charge in [0.1, 0.15) is 21.6 Å². The maximum absolute atomic E-state index is 12.6. The average molecular weight is 411 g/mol. The van der Waals surface area contributed by atoms with Crippen LogP contribution in [0.5, 0.6) is 0 Å². The molecule has 3 aromatic rings. The fraction of sp³-hybridized carbons (Fsp3) is 0.0500. The van der Waals surface area contributed by atoms with Crippen LogP contribution in [-0.2, 0) is 11.3 Å². The molecule has 0 atom stereocenters. The molecule has 8 heteroatoms. The number of carboxylic acid groups (broad SMARTS) is 1. The summed E-state index contributed by atoms with van der Waals surface area (Å²) in [7, 11) is 0. The van der Waals surface area contributed by atoms with E-state index in [1.807, 2.05) is 0 Å². The molecular formula is C20H13NO5S2. The molecule has 4 rings (SSSR count). The van der Waals surface area contributed by atoms with E-state index in [0.717, 1.165) is 0 Å². The number of hydrogen-bond acceptors (Lipinski definition) is 6. The number of thioether (sulfide) groups is 1. The first-order valence-corrected chi connectivity index (χ1v) is 9.45. The summed E-state index contributed by atoms with van der Waals surface area (Å²) >= 11 is 6.50. The molecule has 6 nitrogen and oxygen atoms in total. The number of hydrogen-bond donors (Lipinski definition) is 1. The molecule has 2 aromatic heterocycles. The van der Waals surface area contributed by atoms with Gasteiger partial charge in [0, 0.05) is 11.6 Å². The second-order valence-corrected chi connectivity index (χ2v) is 7.61. The molecule has 3 heterocycles. The van der Waals surface area contributed by atoms with E-state index in [1.54, 1.807) is 48.7 Å². The molecule has 28 heavy (non-hydrogen) atoms. The van der Waals surface area contributed by atoms with Gasteiger partial charge in [-0.3, -0.25) is 9.69 Å². The molecule has 0 unspecified atom stereocenters. The second-order valence-electron chi connectivity index (χ2n) is 5.94. The number of carbonyl (C=O) groups excluding carboxylic acids is 1. The van der Waals surface area contributed by atoms with Crippen molar-refractivity contribution >= 4 is 46.3 Å². The highest BCUT2D eigenvalue weighted by atomic mass is 32.2. The van der Waals surface area contributed by atoms with Gasteiger partial charge >= 0.3 is 5.97 Å². The number of nitrogens with zero attached hydrogens (tertiary/aromatic N) is 1. The Hall–Kier alpha value is -3.10. The van der Waals surface area contributed by atoms with Gasteiger partial charge in [-0.2, -0.15) is 0 Å². The van der Waals surface area contributed by atoms with Crippen molar-refractivity contribution in [2.24, 2.45) is 0 Å². The van der Waals surface area contributed by atoms with Crippen LogP contribution < -0.4 is 0 Å². The average Bonchev–Trinajstić information content (AvgIpc) is 3.41. The lowest BCUT2D eigenvalue weighted by Gasteiger charge is -2.11. The van der Waals surface area contributed by atoms with Gasteiger partial charge < -0.3 is 13.9 Å². The first-order chi connectivity index (χ1) is 13.5. The number of carboxylic acids is 1. The van der Waals surface area contributed by atoms with Crippen LogP contribution in [0.2, 0.25) is 0 Å². The highest BCUT2D eigenvalue weighted by molar-refractivity contribution is 8.26. The van der Waals surface area contributed by atoms with Crippen molar-refractivity contribution in [3.63, 3.8) is 0 Å². The Balaban J connectivity index is 1.55. The minimum atomic E-state index is -1.01. The monoisotopic (exact) mass is 411 g/mol. The third-order valence-corrected chi connectivity index (χ3v) is 5.44. The van der Waals surface area contributed by atoms with Crippen molar-refractivity contribution in [1.29, 1.82) is 0 Å². The molecule has 0 bridgehead atoms. The summed E-state index contributed by atoms with van der Waals surface area (Å²) in [6.07, 6.45) is 3.18. The molecule has 0 radical (unpaired) electrons. The molecule has 140 valence electrons. The summed E-state index contributed by atoms with van der Waals surface area (Å²) in [5.41, 5.74) is 0.819. The van der Waals surface area contributed by atoms with Crippen molar-refractivity contribution in [2.75, 3.05) is 0 Å². The molecule has 0 saturated carbocycles. The zero-order valence-corrected chi connectivity index (χ0v) is 16.0. The number of aromatic carboxylic acids is 1. The maximum atomic E-state index is 12.6. The fourth-order valence-corrected chi connectivity index (χ4v) is 3.95. The Kier molecular flexibility index (Phi) is 4.89. The smallest absolute Gasteiger partial charge is 0.335 e. The first kappa shape index (κ1) is 18.3. The van der Waals surface area contributed by atoms with Crippen LogP contribution >= 0.6 is 24.0 Å². The Morgan fingerprint density at radius 3 is 2.82 bits per heavy atom. The van der Waals surface area contributed by atoms with E-state index in [-0.39, 0.29) is 18.0 Å². The summed E-state index contributed by atoms with van der Waals surface area (Å²) in [5, 5.41) is 9.12. The van der Waals surface area contributed by atoms with Gasteiger partial charge in [0.05, 0.1) is 23.3 Å². The van der Waals surface area contributed by atoms with Crippen molar-refractivity contribution in [1.82, 2.24) is 4.90 Å². The van der Waals surface area contributed by atoms with Crippen LogP contribution in [0.3, 0.4) is 0 Å². The zero-order chi connectivity index (χ0) is 19.7. The topological polar surface area (TPSA) is 83.9 Å². The fourth-order valence-electron chi connectivity index (χ4n) is 2.71. The van der Waals surface area contributed by atoms with E-state index in [9.17, 15) is 9.59 Å². The minimum Gasteiger partial charge on any atom is -0.478 e. The molecule has 1 fully saturated rings. The Morgan fingerprint density at radius 1 is 1.21 bits per heavy atom. The minimum absolute atomic E-state index is 0.175. The van der Waals surface area contributed by atoms with Gasteiger partial charge in [-0.15, -0.1) is 0 Å². The summed E-state index contributed by atoms with van der Waals surface area (Å²) in [6, 6.07) is 13.5. The molecule has 1 aliphatic rings. The lowest BCUT2D eigenvalue weighted by Crippen LogP contribution is -2.27. The van der Waals surface area contributed by atoms with Crippen LogP contribution in [0.1, 0.15) is 21.9 Å². The Morgan fingerprint density at radius 2 is 2.07 bits per heavy atom. The highest BCUT2D eigenvalue weighted by Crippen LogP contribution is 2.34. The Bertz CT molecular complexity index is 1100. The third-order valence-electron chi connectivity index (χ3n) is 4.06. The van der Waals surface area contributed by atoms with Gasteiger partial charge in [-0.1, -0.05) is 36.1 Å². The van der Waals surface area contributed by atoms with Gasteiger partial charge in [0.25, 0.3) is 5.91 Å². The van der Waals surface area contributed by atoms with E-state index >= 15 is 0 Å². The Labute approximate surface area is 169 Å². The van der Waals surface area contributed by atoms with Crippen molar-refractivity contribution < 1.29 is 23.5 Å². The standard InChI is InChI=1S/C20H13NO5S2/c22-18-17(28-20(27)21(18)11-15-5-2-8-25-15)10-14-6-7-16(26-14)12-3-1-4-13(9-12)19(23)24/h1-10H,11H2,(H,23,24)/b17-10+. The molecule has 0 spiro atoms. The normalized spacial score (nSPS) is 15.6. The van der Waals surface area contributed by atoms with E-state index in [4.69, 9.17) is 26.2 Å². The summed E-state index contributed by atoms with van der Waals surface area (Å²) in [5.74, 6) is 0.428. The van der Waals surface area contributed by atoms with Crippen LogP contribution in [0.4, 0.5) is 0 Å². The molecular weight excluding hydrogens is 398 g/mol. The largest absolute Gasteiger partial charge is 0.478 e. The summed E-state index contributed by atoms with van der Waals surface area (Å²) in [6.45, 7) is 0.278. The van der Waals surface area contributed by atoms with Crippen molar-refractivity contribution in [3.05, 3.63) is 76.8 Å². The highest BCUT2D eigenvalue weighted by Gasteiger charge is 2.32. The van der Waals surface area contributed by atoms with Crippen LogP contribution in [0.25, 0.3) is 17.4 Å². The van der Waals surface area contributed by atoms with E-state index in [2.05, 4.69) is 0 Å². The maximum Gasteiger partial charge on any atom is 0.335 e. The molecule has 1 amide bonds. The zero-order valence-electron chi connectivity index (χ0n) is 14.3. The number of amides is 1. The lowest BCUT2D eigenvalue weighted by molar-refractivity contribution is -0.122. The van der Waals surface area contributed by atoms with Gasteiger partial charge in [-0.25, -0.2) is 4.79 Å². The number of thiocarbonyl (C=S) groups is 1. The molecule has 1 N–H and O–H groups in total. The molecule has 1 aliphatic heterocycles.